The van der Waals surface area contributed by atoms with Crippen molar-refractivity contribution in [3.8, 4) is 0 Å². The summed E-state index contributed by atoms with van der Waals surface area (Å²) < 4.78 is 5.32. The SMILES string of the molecule is C=CCOC(=O)C1=C(C)NC2=C(C(=O)CC(C)(C)C2)[C@@H]1c1ccccc1Cl. The molecule has 142 valence electrons. The molecule has 0 saturated carbocycles. The molecule has 2 aliphatic rings. The van der Waals surface area contributed by atoms with E-state index in [9.17, 15) is 9.59 Å². The van der Waals surface area contributed by atoms with Gasteiger partial charge in [0, 0.05) is 34.3 Å². The Morgan fingerprint density at radius 1 is 1.37 bits per heavy atom. The second-order valence-corrected chi connectivity index (χ2v) is 8.25. The molecule has 0 spiro atoms. The number of allylic oxidation sites excluding steroid dienone is 3. The molecule has 0 aromatic heterocycles. The largest absolute Gasteiger partial charge is 0.458 e. The van der Waals surface area contributed by atoms with Crippen LogP contribution in [0.1, 0.15) is 45.1 Å². The molecule has 0 radical (unpaired) electrons. The number of ketones is 1. The molecule has 1 aromatic rings. The van der Waals surface area contributed by atoms with Gasteiger partial charge in [-0.3, -0.25) is 4.79 Å². The van der Waals surface area contributed by atoms with E-state index in [1.807, 2.05) is 25.1 Å². The number of carbonyl (C=O) groups excluding carboxylic acids is 2. The lowest BCUT2D eigenvalue weighted by atomic mass is 9.68. The third-order valence-electron chi connectivity index (χ3n) is 5.01. The molecular weight excluding hydrogens is 362 g/mol. The molecule has 27 heavy (non-hydrogen) atoms. The van der Waals surface area contributed by atoms with Crippen LogP contribution in [0, 0.1) is 5.41 Å². The van der Waals surface area contributed by atoms with Crippen LogP contribution in [0.5, 0.6) is 0 Å². The van der Waals surface area contributed by atoms with E-state index in [4.69, 9.17) is 16.3 Å². The van der Waals surface area contributed by atoms with Crippen LogP contribution >= 0.6 is 11.6 Å². The second-order valence-electron chi connectivity index (χ2n) is 7.84. The number of benzene rings is 1. The Morgan fingerprint density at radius 2 is 2.07 bits per heavy atom. The molecule has 1 atom stereocenters. The summed E-state index contributed by atoms with van der Waals surface area (Å²) in [5.74, 6) is -0.954. The van der Waals surface area contributed by atoms with Gasteiger partial charge in [-0.15, -0.1) is 0 Å². The third-order valence-corrected chi connectivity index (χ3v) is 5.35. The minimum absolute atomic E-state index is 0.0418. The monoisotopic (exact) mass is 385 g/mol. The average molecular weight is 386 g/mol. The number of rotatable bonds is 4. The summed E-state index contributed by atoms with van der Waals surface area (Å²) in [5.41, 5.74) is 3.23. The number of Topliss-reactive ketones (excluding diaryl/α,β-unsaturated/α-hetero) is 1. The van der Waals surface area contributed by atoms with Crippen LogP contribution in [0.25, 0.3) is 0 Å². The summed E-state index contributed by atoms with van der Waals surface area (Å²) in [6.07, 6.45) is 2.69. The smallest absolute Gasteiger partial charge is 0.337 e. The van der Waals surface area contributed by atoms with E-state index in [-0.39, 0.29) is 17.8 Å². The summed E-state index contributed by atoms with van der Waals surface area (Å²) in [7, 11) is 0. The molecular formula is C22H24ClNO3. The number of hydrogen-bond acceptors (Lipinski definition) is 4. The Morgan fingerprint density at radius 3 is 2.74 bits per heavy atom. The van der Waals surface area contributed by atoms with E-state index in [1.165, 1.54) is 6.08 Å². The van der Waals surface area contributed by atoms with Gasteiger partial charge in [-0.05, 0) is 30.4 Å². The molecule has 1 aromatic carbocycles. The van der Waals surface area contributed by atoms with Crippen LogP contribution in [-0.4, -0.2) is 18.4 Å². The summed E-state index contributed by atoms with van der Waals surface area (Å²) in [4.78, 5) is 25.9. The molecule has 4 nitrogen and oxygen atoms in total. The molecule has 1 aliphatic carbocycles. The predicted molar refractivity (Wildman–Crippen MR) is 106 cm³/mol. The second kappa shape index (κ2) is 7.35. The van der Waals surface area contributed by atoms with Gasteiger partial charge in [0.15, 0.2) is 5.78 Å². The Kier molecular flexibility index (Phi) is 5.29. The van der Waals surface area contributed by atoms with E-state index in [0.29, 0.717) is 28.3 Å². The summed E-state index contributed by atoms with van der Waals surface area (Å²) >= 11 is 6.47. The number of dihydropyridines is 1. The molecule has 0 fully saturated rings. The number of nitrogens with one attached hydrogen (secondary N) is 1. The van der Waals surface area contributed by atoms with Crippen LogP contribution in [0.4, 0.5) is 0 Å². The van der Waals surface area contributed by atoms with Crippen molar-refractivity contribution >= 4 is 23.4 Å². The molecule has 0 saturated heterocycles. The topological polar surface area (TPSA) is 55.4 Å². The Hall–Kier alpha value is -2.33. The molecule has 0 unspecified atom stereocenters. The first kappa shape index (κ1) is 19.4. The van der Waals surface area contributed by atoms with Crippen molar-refractivity contribution in [3.05, 3.63) is 70.0 Å². The van der Waals surface area contributed by atoms with Gasteiger partial charge < -0.3 is 10.1 Å². The fraction of sp³-hybridized carbons (Fsp3) is 0.364. The molecule has 1 N–H and O–H groups in total. The average Bonchev–Trinajstić information content (AvgIpc) is 2.57. The van der Waals surface area contributed by atoms with Gasteiger partial charge in [0.1, 0.15) is 6.61 Å². The van der Waals surface area contributed by atoms with Crippen molar-refractivity contribution in [2.75, 3.05) is 6.61 Å². The van der Waals surface area contributed by atoms with Gasteiger partial charge in [0.05, 0.1) is 5.57 Å². The van der Waals surface area contributed by atoms with Gasteiger partial charge in [0.2, 0.25) is 0 Å². The van der Waals surface area contributed by atoms with Crippen LogP contribution in [0.2, 0.25) is 5.02 Å². The number of ether oxygens (including phenoxy) is 1. The number of halogens is 1. The van der Waals surface area contributed by atoms with Crippen molar-refractivity contribution < 1.29 is 14.3 Å². The lowest BCUT2D eigenvalue weighted by molar-refractivity contribution is -0.138. The number of hydrogen-bond donors (Lipinski definition) is 1. The molecule has 1 heterocycles. The van der Waals surface area contributed by atoms with E-state index in [1.54, 1.807) is 6.07 Å². The normalized spacial score (nSPS) is 21.5. The number of carbonyl (C=O) groups is 2. The lowest BCUT2D eigenvalue weighted by Crippen LogP contribution is -2.38. The van der Waals surface area contributed by atoms with Gasteiger partial charge >= 0.3 is 5.97 Å². The Labute approximate surface area is 164 Å². The highest BCUT2D eigenvalue weighted by atomic mass is 35.5. The van der Waals surface area contributed by atoms with Gasteiger partial charge in [0.25, 0.3) is 0 Å². The predicted octanol–water partition coefficient (Wildman–Crippen LogP) is 4.67. The minimum Gasteiger partial charge on any atom is -0.458 e. The summed E-state index contributed by atoms with van der Waals surface area (Å²) in [5, 5.41) is 3.82. The Bertz CT molecular complexity index is 879. The first-order chi connectivity index (χ1) is 12.7. The zero-order valence-corrected chi connectivity index (χ0v) is 16.7. The van der Waals surface area contributed by atoms with Crippen LogP contribution < -0.4 is 5.32 Å². The highest BCUT2D eigenvalue weighted by Gasteiger charge is 2.43. The molecule has 5 heteroatoms. The highest BCUT2D eigenvalue weighted by Crippen LogP contribution is 2.47. The van der Waals surface area contributed by atoms with E-state index < -0.39 is 11.9 Å². The van der Waals surface area contributed by atoms with E-state index >= 15 is 0 Å². The van der Waals surface area contributed by atoms with Gasteiger partial charge in [-0.25, -0.2) is 4.79 Å². The van der Waals surface area contributed by atoms with Crippen molar-refractivity contribution in [1.29, 1.82) is 0 Å². The first-order valence-electron chi connectivity index (χ1n) is 9.01. The summed E-state index contributed by atoms with van der Waals surface area (Å²) in [6, 6.07) is 7.34. The third kappa shape index (κ3) is 3.72. The van der Waals surface area contributed by atoms with Crippen LogP contribution in [-0.2, 0) is 14.3 Å². The zero-order chi connectivity index (χ0) is 19.8. The molecule has 1 aliphatic heterocycles. The van der Waals surface area contributed by atoms with E-state index in [0.717, 1.165) is 17.7 Å². The fourth-order valence-corrected chi connectivity index (χ4v) is 4.18. The highest BCUT2D eigenvalue weighted by molar-refractivity contribution is 6.31. The maximum absolute atomic E-state index is 13.1. The standard InChI is InChI=1S/C22H24ClNO3/c1-5-10-27-21(26)18-13(2)24-16-11-22(3,4)12-17(25)20(16)19(18)14-8-6-7-9-15(14)23/h5-9,19,24H,1,10-12H2,2-4H3/t19-/m1/s1. The van der Waals surface area contributed by atoms with Crippen molar-refractivity contribution in [3.63, 3.8) is 0 Å². The maximum Gasteiger partial charge on any atom is 0.337 e. The molecule has 0 bridgehead atoms. The number of esters is 1. The van der Waals surface area contributed by atoms with E-state index in [2.05, 4.69) is 25.7 Å². The maximum atomic E-state index is 13.1. The molecule has 3 rings (SSSR count). The van der Waals surface area contributed by atoms with Gasteiger partial charge in [-0.2, -0.15) is 0 Å². The fourth-order valence-electron chi connectivity index (χ4n) is 3.94. The van der Waals surface area contributed by atoms with Crippen LogP contribution in [0.3, 0.4) is 0 Å². The summed E-state index contributed by atoms with van der Waals surface area (Å²) in [6.45, 7) is 9.69. The lowest BCUT2D eigenvalue weighted by Gasteiger charge is -2.39. The van der Waals surface area contributed by atoms with Crippen molar-refractivity contribution in [2.24, 2.45) is 5.41 Å². The minimum atomic E-state index is -0.532. The first-order valence-corrected chi connectivity index (χ1v) is 9.39. The van der Waals surface area contributed by atoms with Gasteiger partial charge in [-0.1, -0.05) is 56.3 Å². The van der Waals surface area contributed by atoms with Crippen molar-refractivity contribution in [2.45, 2.75) is 39.5 Å². The quantitative estimate of drug-likeness (QED) is 0.604. The Balaban J connectivity index is 2.18. The zero-order valence-electron chi connectivity index (χ0n) is 15.9. The molecule has 0 amide bonds. The van der Waals surface area contributed by atoms with Crippen molar-refractivity contribution in [1.82, 2.24) is 5.32 Å². The van der Waals surface area contributed by atoms with Crippen LogP contribution in [0.15, 0.2) is 59.5 Å².